The van der Waals surface area contributed by atoms with E-state index in [1.807, 2.05) is 32.9 Å². The van der Waals surface area contributed by atoms with Crippen LogP contribution < -0.4 is 0 Å². The van der Waals surface area contributed by atoms with Crippen molar-refractivity contribution in [1.82, 2.24) is 9.80 Å². The summed E-state index contributed by atoms with van der Waals surface area (Å²) in [6.45, 7) is 10.7. The zero-order valence-electron chi connectivity index (χ0n) is 16.4. The molecular weight excluding hydrogens is 330 g/mol. The number of carbonyl (C=O) groups is 1. The van der Waals surface area contributed by atoms with Crippen LogP contribution in [0.4, 0.5) is 4.79 Å². The number of hydrogen-bond acceptors (Lipinski definition) is 5. The molecule has 0 radical (unpaired) electrons. The maximum Gasteiger partial charge on any atom is 0.410 e. The molecule has 0 aromatic rings. The summed E-state index contributed by atoms with van der Waals surface area (Å²) in [6.07, 6.45) is 8.50. The van der Waals surface area contributed by atoms with Crippen LogP contribution in [0.1, 0.15) is 40.0 Å². The fraction of sp³-hybridized carbons (Fsp3) is 0.700. The normalized spacial score (nSPS) is 21.5. The van der Waals surface area contributed by atoms with Gasteiger partial charge in [-0.3, -0.25) is 4.90 Å². The number of amides is 1. The van der Waals surface area contributed by atoms with Crippen molar-refractivity contribution in [2.45, 2.75) is 45.6 Å². The Morgan fingerprint density at radius 3 is 2.77 bits per heavy atom. The summed E-state index contributed by atoms with van der Waals surface area (Å²) >= 11 is 0. The van der Waals surface area contributed by atoms with Crippen molar-refractivity contribution >= 4 is 11.8 Å². The predicted octanol–water partition coefficient (Wildman–Crippen LogP) is 3.24. The van der Waals surface area contributed by atoms with E-state index in [-0.39, 0.29) is 6.09 Å². The molecule has 1 saturated heterocycles. The molecule has 1 heterocycles. The summed E-state index contributed by atoms with van der Waals surface area (Å²) < 4.78 is 11.0. The van der Waals surface area contributed by atoms with Gasteiger partial charge in [0, 0.05) is 31.9 Å². The van der Waals surface area contributed by atoms with Crippen molar-refractivity contribution in [3.8, 4) is 0 Å². The lowest BCUT2D eigenvalue weighted by Gasteiger charge is -2.32. The van der Waals surface area contributed by atoms with Gasteiger partial charge in [0.2, 0.25) is 0 Å². The summed E-state index contributed by atoms with van der Waals surface area (Å²) in [4.78, 5) is 16.7. The van der Waals surface area contributed by atoms with E-state index in [1.54, 1.807) is 4.90 Å². The monoisotopic (exact) mass is 363 g/mol. The first-order chi connectivity index (χ1) is 12.3. The molecule has 0 aromatic heterocycles. The zero-order chi connectivity index (χ0) is 19.0. The van der Waals surface area contributed by atoms with E-state index in [0.29, 0.717) is 18.8 Å². The average molecular weight is 364 g/mol. The van der Waals surface area contributed by atoms with Crippen LogP contribution in [0, 0.1) is 5.41 Å². The van der Waals surface area contributed by atoms with Crippen molar-refractivity contribution in [3.63, 3.8) is 0 Å². The number of nitrogens with one attached hydrogen (secondary N) is 1. The Kier molecular flexibility index (Phi) is 7.85. The van der Waals surface area contributed by atoms with E-state index in [4.69, 9.17) is 14.9 Å². The van der Waals surface area contributed by atoms with Gasteiger partial charge < -0.3 is 19.8 Å². The Balaban J connectivity index is 2.05. The lowest BCUT2D eigenvalue weighted by molar-refractivity contribution is 0.0162. The maximum absolute atomic E-state index is 12.7. The summed E-state index contributed by atoms with van der Waals surface area (Å²) in [5.74, 6) is 0. The Bertz CT molecular complexity index is 543. The summed E-state index contributed by atoms with van der Waals surface area (Å²) in [6, 6.07) is 0. The van der Waals surface area contributed by atoms with Gasteiger partial charge in [0.1, 0.15) is 5.60 Å². The SMILES string of the molecule is CC(C)(C)OC(=O)N(CCN1CCOCC1)C/C1=C/C=CCCCC1=N. The highest BCUT2D eigenvalue weighted by Gasteiger charge is 2.24. The van der Waals surface area contributed by atoms with Gasteiger partial charge in [-0.2, -0.15) is 0 Å². The molecule has 26 heavy (non-hydrogen) atoms. The summed E-state index contributed by atoms with van der Waals surface area (Å²) in [7, 11) is 0. The van der Waals surface area contributed by atoms with Gasteiger partial charge >= 0.3 is 6.09 Å². The Labute approximate surface area is 157 Å². The first-order valence-electron chi connectivity index (χ1n) is 9.57. The molecule has 6 nitrogen and oxygen atoms in total. The molecule has 0 saturated carbocycles. The highest BCUT2D eigenvalue weighted by atomic mass is 16.6. The Hall–Kier alpha value is -1.66. The zero-order valence-corrected chi connectivity index (χ0v) is 16.4. The predicted molar refractivity (Wildman–Crippen MR) is 104 cm³/mol. The molecule has 6 heteroatoms. The smallest absolute Gasteiger partial charge is 0.410 e. The van der Waals surface area contributed by atoms with E-state index >= 15 is 0 Å². The molecule has 0 atom stereocenters. The number of hydrogen-bond donors (Lipinski definition) is 1. The largest absolute Gasteiger partial charge is 0.444 e. The minimum Gasteiger partial charge on any atom is -0.444 e. The Morgan fingerprint density at radius 2 is 2.08 bits per heavy atom. The number of ether oxygens (including phenoxy) is 2. The number of allylic oxidation sites excluding steroid dienone is 3. The van der Waals surface area contributed by atoms with E-state index in [9.17, 15) is 4.79 Å². The van der Waals surface area contributed by atoms with Gasteiger partial charge in [0.25, 0.3) is 0 Å². The third-order valence-electron chi connectivity index (χ3n) is 4.42. The second-order valence-corrected chi connectivity index (χ2v) is 7.85. The lowest BCUT2D eigenvalue weighted by atomic mass is 10.0. The highest BCUT2D eigenvalue weighted by molar-refractivity contribution is 5.98. The molecule has 0 spiro atoms. The summed E-state index contributed by atoms with van der Waals surface area (Å²) in [5, 5.41) is 8.32. The number of morpholine rings is 1. The Morgan fingerprint density at radius 1 is 1.35 bits per heavy atom. The average Bonchev–Trinajstić information content (AvgIpc) is 2.56. The summed E-state index contributed by atoms with van der Waals surface area (Å²) in [5.41, 5.74) is 0.986. The molecular formula is C20H33N3O3. The fourth-order valence-electron chi connectivity index (χ4n) is 2.94. The number of nitrogens with zero attached hydrogens (tertiary/aromatic N) is 2. The number of rotatable bonds is 5. The molecule has 1 aliphatic carbocycles. The van der Waals surface area contributed by atoms with Crippen molar-refractivity contribution in [1.29, 1.82) is 5.41 Å². The second kappa shape index (κ2) is 9.88. The van der Waals surface area contributed by atoms with Gasteiger partial charge in [-0.1, -0.05) is 18.2 Å². The van der Waals surface area contributed by atoms with Crippen LogP contribution in [-0.4, -0.2) is 73.1 Å². The van der Waals surface area contributed by atoms with Crippen LogP contribution in [0.3, 0.4) is 0 Å². The third-order valence-corrected chi connectivity index (χ3v) is 4.42. The molecule has 0 aromatic carbocycles. The second-order valence-electron chi connectivity index (χ2n) is 7.85. The quantitative estimate of drug-likeness (QED) is 0.814. The van der Waals surface area contributed by atoms with Gasteiger partial charge in [-0.25, -0.2) is 4.79 Å². The van der Waals surface area contributed by atoms with E-state index in [0.717, 1.165) is 57.7 Å². The first kappa shape index (κ1) is 20.6. The van der Waals surface area contributed by atoms with Crippen molar-refractivity contribution in [2.75, 3.05) is 45.9 Å². The van der Waals surface area contributed by atoms with E-state index < -0.39 is 5.60 Å². The molecule has 1 aliphatic heterocycles. The van der Waals surface area contributed by atoms with Crippen molar-refractivity contribution < 1.29 is 14.3 Å². The minimum atomic E-state index is -0.531. The van der Waals surface area contributed by atoms with E-state index in [2.05, 4.69) is 11.0 Å². The molecule has 1 fully saturated rings. The molecule has 0 unspecified atom stereocenters. The molecule has 1 N–H and O–H groups in total. The minimum absolute atomic E-state index is 0.314. The van der Waals surface area contributed by atoms with Gasteiger partial charge in [-0.05, 0) is 45.6 Å². The fourth-order valence-corrected chi connectivity index (χ4v) is 2.94. The maximum atomic E-state index is 12.7. The van der Waals surface area contributed by atoms with Crippen LogP contribution in [-0.2, 0) is 9.47 Å². The van der Waals surface area contributed by atoms with Crippen molar-refractivity contribution in [3.05, 3.63) is 23.8 Å². The van der Waals surface area contributed by atoms with Crippen LogP contribution >= 0.6 is 0 Å². The van der Waals surface area contributed by atoms with Crippen LogP contribution in [0.5, 0.6) is 0 Å². The van der Waals surface area contributed by atoms with Crippen LogP contribution in [0.15, 0.2) is 23.8 Å². The first-order valence-corrected chi connectivity index (χ1v) is 9.57. The molecule has 0 bridgehead atoms. The van der Waals surface area contributed by atoms with Crippen molar-refractivity contribution in [2.24, 2.45) is 0 Å². The highest BCUT2D eigenvalue weighted by Crippen LogP contribution is 2.15. The molecule has 2 rings (SSSR count). The molecule has 2 aliphatic rings. The molecule has 1 amide bonds. The van der Waals surface area contributed by atoms with Gasteiger partial charge in [-0.15, -0.1) is 0 Å². The third kappa shape index (κ3) is 7.30. The van der Waals surface area contributed by atoms with Gasteiger partial charge in [0.05, 0.1) is 19.8 Å². The van der Waals surface area contributed by atoms with Gasteiger partial charge in [0.15, 0.2) is 0 Å². The topological polar surface area (TPSA) is 65.9 Å². The molecule has 146 valence electrons. The number of carbonyl (C=O) groups excluding carboxylic acids is 1. The van der Waals surface area contributed by atoms with E-state index in [1.165, 1.54) is 0 Å². The standard InChI is InChI=1S/C20H33N3O3/c1-20(2,3)26-19(24)23(11-10-22-12-14-25-15-13-22)16-17-8-6-4-5-7-9-18(17)21/h4,6,8,21H,5,7,9-16H2,1-3H3/b6-4?,17-8-,21-18?. The van der Waals surface area contributed by atoms with Crippen LogP contribution in [0.25, 0.3) is 0 Å². The van der Waals surface area contributed by atoms with Crippen LogP contribution in [0.2, 0.25) is 0 Å². The lowest BCUT2D eigenvalue weighted by Crippen LogP contribution is -2.45.